The van der Waals surface area contributed by atoms with E-state index in [1.807, 2.05) is 0 Å². The van der Waals surface area contributed by atoms with E-state index in [4.69, 9.17) is 15.3 Å². The number of oxazole rings is 1. The lowest BCUT2D eigenvalue weighted by Gasteiger charge is -1.88. The number of hydrogen-bond acceptors (Lipinski definition) is 4. The van der Waals surface area contributed by atoms with Gasteiger partial charge in [-0.05, 0) is 12.8 Å². The summed E-state index contributed by atoms with van der Waals surface area (Å²) < 4.78 is 5.23. The highest BCUT2D eigenvalue weighted by atomic mass is 16.4. The van der Waals surface area contributed by atoms with Gasteiger partial charge in [0, 0.05) is 5.92 Å². The number of carboxylic acid groups (broad SMARTS) is 1. The second-order valence-electron chi connectivity index (χ2n) is 3.11. The Kier molecular flexibility index (Phi) is 1.81. The van der Waals surface area contributed by atoms with Gasteiger partial charge in [-0.2, -0.15) is 0 Å². The van der Waals surface area contributed by atoms with E-state index < -0.39 is 5.97 Å². The lowest BCUT2D eigenvalue weighted by atomic mass is 10.3. The number of carbonyl (C=O) groups is 1. The fourth-order valence-corrected chi connectivity index (χ4v) is 1.18. The first kappa shape index (κ1) is 8.25. The van der Waals surface area contributed by atoms with E-state index in [1.54, 1.807) is 0 Å². The molecule has 13 heavy (non-hydrogen) atoms. The molecule has 0 bridgehead atoms. The molecular formula is C8H10N2O3. The third kappa shape index (κ3) is 1.42. The molecule has 1 heterocycles. The number of nitrogens with two attached hydrogens (primary N) is 1. The van der Waals surface area contributed by atoms with Gasteiger partial charge in [0.25, 0.3) is 0 Å². The maximum atomic E-state index is 10.7. The molecule has 0 aliphatic heterocycles. The zero-order valence-corrected chi connectivity index (χ0v) is 6.99. The summed E-state index contributed by atoms with van der Waals surface area (Å²) in [7, 11) is 0. The molecule has 0 spiro atoms. The highest BCUT2D eigenvalue weighted by Gasteiger charge is 2.31. The van der Waals surface area contributed by atoms with Crippen LogP contribution in [0.15, 0.2) is 4.42 Å². The minimum Gasteiger partial charge on any atom is -0.476 e. The van der Waals surface area contributed by atoms with Gasteiger partial charge in [-0.15, -0.1) is 0 Å². The van der Waals surface area contributed by atoms with Crippen LogP contribution in [0.5, 0.6) is 0 Å². The summed E-state index contributed by atoms with van der Waals surface area (Å²) in [4.78, 5) is 14.6. The van der Waals surface area contributed by atoms with Crippen molar-refractivity contribution < 1.29 is 14.3 Å². The molecule has 0 radical (unpaired) electrons. The molecule has 1 saturated carbocycles. The minimum atomic E-state index is -1.07. The van der Waals surface area contributed by atoms with Gasteiger partial charge in [-0.25, -0.2) is 9.78 Å². The number of aromatic nitrogens is 1. The summed E-state index contributed by atoms with van der Waals surface area (Å²) >= 11 is 0. The molecule has 0 atom stereocenters. The van der Waals surface area contributed by atoms with Gasteiger partial charge >= 0.3 is 5.97 Å². The maximum Gasteiger partial charge on any atom is 0.358 e. The molecule has 70 valence electrons. The Hall–Kier alpha value is -1.36. The number of aromatic carboxylic acids is 1. The van der Waals surface area contributed by atoms with Crippen LogP contribution in [0.4, 0.5) is 0 Å². The van der Waals surface area contributed by atoms with E-state index in [-0.39, 0.29) is 18.0 Å². The molecule has 1 aliphatic carbocycles. The van der Waals surface area contributed by atoms with E-state index in [9.17, 15) is 4.79 Å². The van der Waals surface area contributed by atoms with Crippen LogP contribution < -0.4 is 5.73 Å². The van der Waals surface area contributed by atoms with Gasteiger partial charge in [0.1, 0.15) is 0 Å². The van der Waals surface area contributed by atoms with Crippen molar-refractivity contribution >= 4 is 5.97 Å². The van der Waals surface area contributed by atoms with Crippen molar-refractivity contribution in [2.45, 2.75) is 25.3 Å². The van der Waals surface area contributed by atoms with Crippen molar-refractivity contribution in [1.82, 2.24) is 4.98 Å². The highest BCUT2D eigenvalue weighted by molar-refractivity contribution is 5.86. The Morgan fingerprint density at radius 2 is 2.38 bits per heavy atom. The number of rotatable bonds is 3. The summed E-state index contributed by atoms with van der Waals surface area (Å²) in [6.07, 6.45) is 2.06. The van der Waals surface area contributed by atoms with Crippen molar-refractivity contribution in [3.63, 3.8) is 0 Å². The molecule has 1 aromatic heterocycles. The smallest absolute Gasteiger partial charge is 0.358 e. The predicted molar refractivity (Wildman–Crippen MR) is 43.3 cm³/mol. The molecule has 1 aliphatic rings. The van der Waals surface area contributed by atoms with Crippen molar-refractivity contribution in [2.75, 3.05) is 0 Å². The Morgan fingerprint density at radius 1 is 1.69 bits per heavy atom. The minimum absolute atomic E-state index is 0.0376. The Balaban J connectivity index is 2.36. The quantitative estimate of drug-likeness (QED) is 0.718. The van der Waals surface area contributed by atoms with Crippen LogP contribution in [0, 0.1) is 0 Å². The van der Waals surface area contributed by atoms with E-state index in [0.29, 0.717) is 11.8 Å². The van der Waals surface area contributed by atoms with Gasteiger partial charge in [0.05, 0.1) is 6.54 Å². The van der Waals surface area contributed by atoms with Crippen LogP contribution >= 0.6 is 0 Å². The summed E-state index contributed by atoms with van der Waals surface area (Å²) in [5.41, 5.74) is 5.29. The van der Waals surface area contributed by atoms with Crippen LogP contribution in [0.3, 0.4) is 0 Å². The zero-order valence-electron chi connectivity index (χ0n) is 6.99. The summed E-state index contributed by atoms with van der Waals surface area (Å²) in [5, 5.41) is 8.73. The van der Waals surface area contributed by atoms with E-state index in [1.165, 1.54) is 0 Å². The Bertz CT molecular complexity index is 341. The monoisotopic (exact) mass is 182 g/mol. The highest BCUT2D eigenvalue weighted by Crippen LogP contribution is 2.40. The molecular weight excluding hydrogens is 172 g/mol. The SMILES string of the molecule is NCc1oc(C2CC2)nc1C(=O)O. The standard InChI is InChI=1S/C8H10N2O3/c9-3-5-6(8(11)12)10-7(13-5)4-1-2-4/h4H,1-3,9H2,(H,11,12). The fourth-order valence-electron chi connectivity index (χ4n) is 1.18. The van der Waals surface area contributed by atoms with E-state index in [0.717, 1.165) is 12.8 Å². The van der Waals surface area contributed by atoms with Gasteiger partial charge in [-0.3, -0.25) is 0 Å². The topological polar surface area (TPSA) is 89.4 Å². The first-order chi connectivity index (χ1) is 6.22. The average molecular weight is 182 g/mol. The Morgan fingerprint density at radius 3 is 2.77 bits per heavy atom. The lowest BCUT2D eigenvalue weighted by Crippen LogP contribution is -2.04. The first-order valence-corrected chi connectivity index (χ1v) is 4.15. The van der Waals surface area contributed by atoms with E-state index in [2.05, 4.69) is 4.98 Å². The number of hydrogen-bond donors (Lipinski definition) is 2. The van der Waals surface area contributed by atoms with Gasteiger partial charge in [0.15, 0.2) is 17.3 Å². The van der Waals surface area contributed by atoms with Crippen LogP contribution in [-0.2, 0) is 6.54 Å². The molecule has 0 saturated heterocycles. The largest absolute Gasteiger partial charge is 0.476 e. The molecule has 0 aromatic carbocycles. The van der Waals surface area contributed by atoms with Crippen LogP contribution in [0.1, 0.15) is 40.9 Å². The molecule has 2 rings (SSSR count). The molecule has 5 heteroatoms. The summed E-state index contributed by atoms with van der Waals surface area (Å²) in [6, 6.07) is 0. The van der Waals surface area contributed by atoms with Crippen molar-refractivity contribution in [1.29, 1.82) is 0 Å². The molecule has 1 aromatic rings. The summed E-state index contributed by atoms with van der Waals surface area (Å²) in [5.74, 6) is 0.0433. The zero-order chi connectivity index (χ0) is 9.42. The molecule has 0 amide bonds. The molecule has 1 fully saturated rings. The maximum absolute atomic E-state index is 10.7. The van der Waals surface area contributed by atoms with Gasteiger partial charge in [-0.1, -0.05) is 0 Å². The molecule has 3 N–H and O–H groups in total. The van der Waals surface area contributed by atoms with Gasteiger partial charge < -0.3 is 15.3 Å². The first-order valence-electron chi connectivity index (χ1n) is 4.15. The molecule has 0 unspecified atom stereocenters. The van der Waals surface area contributed by atoms with Crippen molar-refractivity contribution in [3.05, 3.63) is 17.3 Å². The summed E-state index contributed by atoms with van der Waals surface area (Å²) in [6.45, 7) is 0.0847. The van der Waals surface area contributed by atoms with Crippen molar-refractivity contribution in [3.8, 4) is 0 Å². The van der Waals surface area contributed by atoms with E-state index >= 15 is 0 Å². The Labute approximate surface area is 74.6 Å². The number of nitrogens with zero attached hydrogens (tertiary/aromatic N) is 1. The second-order valence-corrected chi connectivity index (χ2v) is 3.11. The normalized spacial score (nSPS) is 16.1. The van der Waals surface area contributed by atoms with Gasteiger partial charge in [0.2, 0.25) is 0 Å². The number of carboxylic acids is 1. The van der Waals surface area contributed by atoms with Crippen LogP contribution in [-0.4, -0.2) is 16.1 Å². The predicted octanol–water partition coefficient (Wildman–Crippen LogP) is 0.709. The lowest BCUT2D eigenvalue weighted by molar-refractivity contribution is 0.0689. The average Bonchev–Trinajstić information content (AvgIpc) is 2.84. The second kappa shape index (κ2) is 2.85. The molecule has 5 nitrogen and oxygen atoms in total. The third-order valence-corrected chi connectivity index (χ3v) is 2.03. The third-order valence-electron chi connectivity index (χ3n) is 2.03. The van der Waals surface area contributed by atoms with Crippen molar-refractivity contribution in [2.24, 2.45) is 5.73 Å². The van der Waals surface area contributed by atoms with Crippen LogP contribution in [0.2, 0.25) is 0 Å². The fraction of sp³-hybridized carbons (Fsp3) is 0.500. The van der Waals surface area contributed by atoms with Crippen LogP contribution in [0.25, 0.3) is 0 Å².